The molecule has 0 unspecified atom stereocenters. The third-order valence-electron chi connectivity index (χ3n) is 4.81. The first-order valence-corrected chi connectivity index (χ1v) is 9.72. The number of Topliss-reactive ketones (excluding diaryl/α,β-unsaturated/α-hetero) is 1. The van der Waals surface area contributed by atoms with Gasteiger partial charge in [-0.3, -0.25) is 14.6 Å². The zero-order valence-corrected chi connectivity index (χ0v) is 17.0. The maximum atomic E-state index is 13.1. The molecule has 2 heterocycles. The second kappa shape index (κ2) is 8.36. The van der Waals surface area contributed by atoms with E-state index in [0.717, 1.165) is 16.7 Å². The highest BCUT2D eigenvalue weighted by Gasteiger charge is 2.32. The van der Waals surface area contributed by atoms with Crippen molar-refractivity contribution in [3.63, 3.8) is 0 Å². The molecule has 1 aromatic heterocycles. The summed E-state index contributed by atoms with van der Waals surface area (Å²) < 4.78 is 0. The summed E-state index contributed by atoms with van der Waals surface area (Å²) in [7, 11) is 1.66. The van der Waals surface area contributed by atoms with E-state index in [1.54, 1.807) is 61.9 Å². The highest BCUT2D eigenvalue weighted by atomic mass is 35.5. The van der Waals surface area contributed by atoms with E-state index in [4.69, 9.17) is 11.6 Å². The molecule has 0 saturated heterocycles. The van der Waals surface area contributed by atoms with Gasteiger partial charge in [-0.1, -0.05) is 41.6 Å². The van der Waals surface area contributed by atoms with Gasteiger partial charge in [0, 0.05) is 42.0 Å². The largest absolute Gasteiger partial charge is 0.311 e. The van der Waals surface area contributed by atoms with Crippen molar-refractivity contribution in [2.75, 3.05) is 11.9 Å². The second-order valence-electron chi connectivity index (χ2n) is 6.87. The summed E-state index contributed by atoms with van der Waals surface area (Å²) in [5.74, 6) is 5.56. The number of pyridine rings is 1. The minimum absolute atomic E-state index is 0.118. The smallest absolute Gasteiger partial charge is 0.262 e. The van der Waals surface area contributed by atoms with Gasteiger partial charge in [0.2, 0.25) is 5.78 Å². The molecule has 5 heteroatoms. The number of likely N-dealkylation sites (N-methyl/N-ethyl adjacent to an activating group) is 1. The van der Waals surface area contributed by atoms with Gasteiger partial charge in [0.1, 0.15) is 0 Å². The van der Waals surface area contributed by atoms with Crippen LogP contribution in [0.4, 0.5) is 5.69 Å². The first-order chi connectivity index (χ1) is 14.5. The summed E-state index contributed by atoms with van der Waals surface area (Å²) in [5, 5.41) is 0.593. The van der Waals surface area contributed by atoms with E-state index in [0.29, 0.717) is 22.7 Å². The van der Waals surface area contributed by atoms with Crippen LogP contribution >= 0.6 is 11.6 Å². The average molecular weight is 413 g/mol. The molecule has 0 bridgehead atoms. The number of halogens is 1. The fraction of sp³-hybridized carbons (Fsp3) is 0.0800. The third-order valence-corrected chi connectivity index (χ3v) is 5.06. The molecule has 0 atom stereocenters. The van der Waals surface area contributed by atoms with Crippen molar-refractivity contribution in [1.82, 2.24) is 4.98 Å². The Bertz CT molecular complexity index is 1220. The highest BCUT2D eigenvalue weighted by Crippen LogP contribution is 2.31. The number of ketones is 1. The van der Waals surface area contributed by atoms with Crippen LogP contribution in [0.5, 0.6) is 0 Å². The molecule has 30 heavy (non-hydrogen) atoms. The normalized spacial score (nSPS) is 14.3. The molecule has 1 amide bonds. The number of fused-ring (bicyclic) bond motifs is 1. The van der Waals surface area contributed by atoms with Gasteiger partial charge in [-0.15, -0.1) is 0 Å². The Kier molecular flexibility index (Phi) is 5.47. The van der Waals surface area contributed by atoms with Crippen LogP contribution < -0.4 is 4.90 Å². The number of benzene rings is 2. The molecule has 0 radical (unpaired) electrons. The Morgan fingerprint density at radius 1 is 1.10 bits per heavy atom. The van der Waals surface area contributed by atoms with Gasteiger partial charge in [-0.25, -0.2) is 0 Å². The molecule has 0 aliphatic carbocycles. The fourth-order valence-corrected chi connectivity index (χ4v) is 3.35. The minimum atomic E-state index is -0.335. The Hall–Kier alpha value is -3.68. The van der Waals surface area contributed by atoms with E-state index in [-0.39, 0.29) is 17.3 Å². The summed E-state index contributed by atoms with van der Waals surface area (Å²) in [6.45, 7) is 0. The molecule has 4 rings (SSSR count). The maximum absolute atomic E-state index is 13.1. The van der Waals surface area contributed by atoms with Crippen molar-refractivity contribution >= 4 is 35.1 Å². The minimum Gasteiger partial charge on any atom is -0.311 e. The fourth-order valence-electron chi connectivity index (χ4n) is 3.22. The number of rotatable bonds is 2. The lowest BCUT2D eigenvalue weighted by Crippen LogP contribution is -2.36. The number of hydrogen-bond donors (Lipinski definition) is 0. The zero-order chi connectivity index (χ0) is 21.1. The van der Waals surface area contributed by atoms with E-state index < -0.39 is 0 Å². The van der Waals surface area contributed by atoms with Crippen molar-refractivity contribution in [3.8, 4) is 11.8 Å². The van der Waals surface area contributed by atoms with Crippen LogP contribution in [-0.2, 0) is 11.2 Å². The van der Waals surface area contributed by atoms with Crippen molar-refractivity contribution in [3.05, 3.63) is 99.8 Å². The maximum Gasteiger partial charge on any atom is 0.262 e. The van der Waals surface area contributed by atoms with E-state index >= 15 is 0 Å². The molecular weight excluding hydrogens is 396 g/mol. The van der Waals surface area contributed by atoms with Crippen LogP contribution in [0.2, 0.25) is 5.02 Å². The lowest BCUT2D eigenvalue weighted by molar-refractivity contribution is -0.114. The van der Waals surface area contributed by atoms with Crippen LogP contribution in [0.25, 0.3) is 6.08 Å². The molecule has 146 valence electrons. The molecule has 0 saturated carbocycles. The number of amides is 1. The Labute approximate surface area is 179 Å². The molecule has 1 aliphatic rings. The van der Waals surface area contributed by atoms with Crippen molar-refractivity contribution in [2.45, 2.75) is 6.42 Å². The van der Waals surface area contributed by atoms with Crippen LogP contribution in [-0.4, -0.2) is 23.7 Å². The van der Waals surface area contributed by atoms with Gasteiger partial charge in [-0.05, 0) is 53.6 Å². The first kappa shape index (κ1) is 19.6. The van der Waals surface area contributed by atoms with Crippen molar-refractivity contribution < 1.29 is 9.59 Å². The Balaban J connectivity index is 1.66. The quantitative estimate of drug-likeness (QED) is 0.352. The number of carbonyl (C=O) groups excluding carboxylic acids is 2. The average Bonchev–Trinajstić information content (AvgIpc) is 2.77. The predicted octanol–water partition coefficient (Wildman–Crippen LogP) is 4.57. The SMILES string of the molecule is CN1C(=O)C(=Cc2ccc(Cl)cc2)C(=O)c2cc(C#CCc3cccnc3)ccc21. The van der Waals surface area contributed by atoms with E-state index in [1.807, 2.05) is 18.2 Å². The van der Waals surface area contributed by atoms with Gasteiger partial charge in [0.25, 0.3) is 5.91 Å². The van der Waals surface area contributed by atoms with E-state index in [1.165, 1.54) is 4.90 Å². The lowest BCUT2D eigenvalue weighted by atomic mass is 9.92. The summed E-state index contributed by atoms with van der Waals surface area (Å²) in [4.78, 5) is 31.4. The lowest BCUT2D eigenvalue weighted by Gasteiger charge is -2.26. The standard InChI is InChI=1S/C25H17ClN2O2/c1-28-23-12-9-17(4-2-5-19-6-3-13-27-16-19)14-21(23)24(29)22(25(28)30)15-18-7-10-20(26)11-8-18/h3,6-16H,5H2,1H3. The molecule has 4 nitrogen and oxygen atoms in total. The molecule has 0 spiro atoms. The zero-order valence-electron chi connectivity index (χ0n) is 16.2. The summed E-state index contributed by atoms with van der Waals surface area (Å²) in [5.41, 5.74) is 3.65. The van der Waals surface area contributed by atoms with Gasteiger partial charge in [0.05, 0.1) is 11.3 Å². The molecule has 1 aliphatic heterocycles. The Morgan fingerprint density at radius 2 is 1.90 bits per heavy atom. The number of anilines is 1. The van der Waals surface area contributed by atoms with Gasteiger partial charge >= 0.3 is 0 Å². The highest BCUT2D eigenvalue weighted by molar-refractivity contribution is 6.36. The molecule has 0 fully saturated rings. The van der Waals surface area contributed by atoms with E-state index in [2.05, 4.69) is 16.8 Å². The topological polar surface area (TPSA) is 50.3 Å². The van der Waals surface area contributed by atoms with Gasteiger partial charge in [-0.2, -0.15) is 0 Å². The van der Waals surface area contributed by atoms with Gasteiger partial charge < -0.3 is 4.90 Å². The summed E-state index contributed by atoms with van der Waals surface area (Å²) >= 11 is 5.92. The first-order valence-electron chi connectivity index (χ1n) is 9.35. The van der Waals surface area contributed by atoms with Crippen LogP contribution in [0.3, 0.4) is 0 Å². The number of aromatic nitrogens is 1. The molecule has 3 aromatic rings. The molecule has 0 N–H and O–H groups in total. The van der Waals surface area contributed by atoms with Crippen LogP contribution in [0.1, 0.15) is 27.0 Å². The number of hydrogen-bond acceptors (Lipinski definition) is 3. The predicted molar refractivity (Wildman–Crippen MR) is 118 cm³/mol. The molecule has 2 aromatic carbocycles. The number of nitrogens with zero attached hydrogens (tertiary/aromatic N) is 2. The van der Waals surface area contributed by atoms with E-state index in [9.17, 15) is 9.59 Å². The second-order valence-corrected chi connectivity index (χ2v) is 7.31. The van der Waals surface area contributed by atoms with Crippen LogP contribution in [0, 0.1) is 11.8 Å². The summed E-state index contributed by atoms with van der Waals surface area (Å²) in [6, 6.07) is 16.1. The Morgan fingerprint density at radius 3 is 2.63 bits per heavy atom. The monoisotopic (exact) mass is 412 g/mol. The molecular formula is C25H17ClN2O2. The third kappa shape index (κ3) is 4.03. The summed E-state index contributed by atoms with van der Waals surface area (Å²) in [6.07, 6.45) is 5.67. The van der Waals surface area contributed by atoms with Crippen molar-refractivity contribution in [2.24, 2.45) is 0 Å². The van der Waals surface area contributed by atoms with Gasteiger partial charge in [0.15, 0.2) is 0 Å². The number of carbonyl (C=O) groups is 2. The van der Waals surface area contributed by atoms with Crippen molar-refractivity contribution in [1.29, 1.82) is 0 Å². The van der Waals surface area contributed by atoms with Crippen LogP contribution in [0.15, 0.2) is 72.6 Å².